The number of phenolic OH excluding ortho intramolecular Hbond substituents is 1. The third-order valence-corrected chi connectivity index (χ3v) is 3.85. The molecule has 0 fully saturated rings. The molecule has 0 radical (unpaired) electrons. The van der Waals surface area contributed by atoms with Crippen molar-refractivity contribution < 1.29 is 23.2 Å². The third-order valence-electron chi connectivity index (χ3n) is 3.85. The molecule has 0 saturated heterocycles. The van der Waals surface area contributed by atoms with Crippen LogP contribution in [0.1, 0.15) is 11.1 Å². The van der Waals surface area contributed by atoms with Gasteiger partial charge in [-0.25, -0.2) is 0 Å². The lowest BCUT2D eigenvalue weighted by molar-refractivity contribution is -0.384. The third kappa shape index (κ3) is 3.81. The first kappa shape index (κ1) is 18.2. The number of hydrogen-bond donors (Lipinski definition) is 2. The van der Waals surface area contributed by atoms with E-state index in [2.05, 4.69) is 10.5 Å². The summed E-state index contributed by atoms with van der Waals surface area (Å²) in [7, 11) is 0. The lowest BCUT2D eigenvalue weighted by Gasteiger charge is -2.08. The van der Waals surface area contributed by atoms with E-state index in [9.17, 15) is 28.4 Å². The summed E-state index contributed by atoms with van der Waals surface area (Å²) in [5.41, 5.74) is 0.640. The molecule has 0 saturated carbocycles. The van der Waals surface area contributed by atoms with Gasteiger partial charge < -0.3 is 5.11 Å². The molecule has 0 atom stereocenters. The minimum atomic E-state index is -4.69. The number of phenols is 1. The second kappa shape index (κ2) is 6.94. The molecular formula is C18H12F3N3O3. The first-order chi connectivity index (χ1) is 12.8. The molecule has 0 aliphatic carbocycles. The van der Waals surface area contributed by atoms with E-state index in [1.54, 1.807) is 18.2 Å². The molecule has 9 heteroatoms. The molecule has 0 heterocycles. The highest BCUT2D eigenvalue weighted by atomic mass is 19.4. The van der Waals surface area contributed by atoms with Crippen LogP contribution in [-0.4, -0.2) is 16.2 Å². The van der Waals surface area contributed by atoms with Crippen molar-refractivity contribution in [1.29, 1.82) is 0 Å². The van der Waals surface area contributed by atoms with E-state index >= 15 is 0 Å². The summed E-state index contributed by atoms with van der Waals surface area (Å²) >= 11 is 0. The van der Waals surface area contributed by atoms with Crippen LogP contribution in [0.15, 0.2) is 59.7 Å². The molecule has 0 aliphatic rings. The van der Waals surface area contributed by atoms with Gasteiger partial charge in [0.25, 0.3) is 5.69 Å². The van der Waals surface area contributed by atoms with Gasteiger partial charge in [-0.05, 0) is 29.0 Å². The van der Waals surface area contributed by atoms with E-state index in [0.29, 0.717) is 17.0 Å². The fourth-order valence-electron chi connectivity index (χ4n) is 2.54. The molecule has 0 bridgehead atoms. The van der Waals surface area contributed by atoms with Gasteiger partial charge in [0.1, 0.15) is 11.4 Å². The Morgan fingerprint density at radius 1 is 1.11 bits per heavy atom. The number of hydrogen-bond acceptors (Lipinski definition) is 5. The maximum atomic E-state index is 12.7. The van der Waals surface area contributed by atoms with Crippen molar-refractivity contribution in [1.82, 2.24) is 0 Å². The molecule has 0 spiro atoms. The van der Waals surface area contributed by atoms with Crippen LogP contribution in [0, 0.1) is 10.1 Å². The zero-order chi connectivity index (χ0) is 19.6. The Labute approximate surface area is 150 Å². The number of alkyl halides is 3. The largest absolute Gasteiger partial charge is 0.507 e. The molecule has 0 aromatic heterocycles. The Kier molecular flexibility index (Phi) is 4.68. The number of benzene rings is 3. The Hall–Kier alpha value is -3.62. The molecule has 3 aromatic carbocycles. The van der Waals surface area contributed by atoms with Gasteiger partial charge in [-0.15, -0.1) is 0 Å². The summed E-state index contributed by atoms with van der Waals surface area (Å²) in [4.78, 5) is 10.1. The number of aromatic hydroxyl groups is 1. The van der Waals surface area contributed by atoms with Crippen molar-refractivity contribution in [2.45, 2.75) is 6.18 Å². The van der Waals surface area contributed by atoms with Gasteiger partial charge in [-0.1, -0.05) is 30.3 Å². The highest BCUT2D eigenvalue weighted by Crippen LogP contribution is 2.35. The SMILES string of the molecule is O=[N+]([O-])c1cc(C(F)(F)F)ccc1N/N=C\c1c(O)ccc2ccccc12. The van der Waals surface area contributed by atoms with Crippen LogP contribution in [0.25, 0.3) is 10.8 Å². The van der Waals surface area contributed by atoms with Gasteiger partial charge in [0.2, 0.25) is 0 Å². The minimum Gasteiger partial charge on any atom is -0.507 e. The van der Waals surface area contributed by atoms with Crippen LogP contribution < -0.4 is 5.43 Å². The molecule has 0 aliphatic heterocycles. The van der Waals surface area contributed by atoms with Gasteiger partial charge in [0, 0.05) is 11.6 Å². The maximum Gasteiger partial charge on any atom is 0.416 e. The van der Waals surface area contributed by atoms with Crippen LogP contribution in [0.2, 0.25) is 0 Å². The van der Waals surface area contributed by atoms with Crippen molar-refractivity contribution in [3.05, 3.63) is 75.8 Å². The number of nitrogens with zero attached hydrogens (tertiary/aromatic N) is 2. The van der Waals surface area contributed by atoms with Crippen LogP contribution in [0.4, 0.5) is 24.5 Å². The molecule has 6 nitrogen and oxygen atoms in total. The number of nitro groups is 1. The molecule has 0 unspecified atom stereocenters. The summed E-state index contributed by atoms with van der Waals surface area (Å²) in [6, 6.07) is 12.5. The van der Waals surface area contributed by atoms with Gasteiger partial charge in [-0.2, -0.15) is 18.3 Å². The van der Waals surface area contributed by atoms with Crippen LogP contribution in [0.3, 0.4) is 0 Å². The predicted molar refractivity (Wildman–Crippen MR) is 94.9 cm³/mol. The fourth-order valence-corrected chi connectivity index (χ4v) is 2.54. The Morgan fingerprint density at radius 3 is 2.56 bits per heavy atom. The average molecular weight is 375 g/mol. The van der Waals surface area contributed by atoms with E-state index in [1.807, 2.05) is 12.1 Å². The summed E-state index contributed by atoms with van der Waals surface area (Å²) < 4.78 is 38.2. The quantitative estimate of drug-likeness (QED) is 0.385. The monoisotopic (exact) mass is 375 g/mol. The first-order valence-corrected chi connectivity index (χ1v) is 7.63. The van der Waals surface area contributed by atoms with Gasteiger partial charge in [0.15, 0.2) is 0 Å². The number of fused-ring (bicyclic) bond motifs is 1. The van der Waals surface area contributed by atoms with Crippen LogP contribution in [0.5, 0.6) is 5.75 Å². The van der Waals surface area contributed by atoms with Gasteiger partial charge in [0.05, 0.1) is 16.7 Å². The number of rotatable bonds is 4. The second-order valence-corrected chi connectivity index (χ2v) is 5.58. The molecular weight excluding hydrogens is 363 g/mol. The number of halogens is 3. The van der Waals surface area contributed by atoms with E-state index in [-0.39, 0.29) is 11.4 Å². The lowest BCUT2D eigenvalue weighted by atomic mass is 10.0. The van der Waals surface area contributed by atoms with E-state index in [4.69, 9.17) is 0 Å². The Balaban J connectivity index is 1.93. The normalized spacial score (nSPS) is 11.8. The average Bonchev–Trinajstić information content (AvgIpc) is 2.62. The number of nitro benzene ring substituents is 1. The summed E-state index contributed by atoms with van der Waals surface area (Å²) in [5, 5.41) is 26.5. The minimum absolute atomic E-state index is 0.0545. The topological polar surface area (TPSA) is 87.8 Å². The molecule has 2 N–H and O–H groups in total. The van der Waals surface area contributed by atoms with E-state index in [1.165, 1.54) is 12.3 Å². The number of hydrazone groups is 1. The van der Waals surface area contributed by atoms with E-state index < -0.39 is 22.4 Å². The smallest absolute Gasteiger partial charge is 0.416 e. The number of anilines is 1. The van der Waals surface area contributed by atoms with Crippen molar-refractivity contribution in [3.8, 4) is 5.75 Å². The zero-order valence-corrected chi connectivity index (χ0v) is 13.6. The molecule has 3 rings (SSSR count). The fraction of sp³-hybridized carbons (Fsp3) is 0.0556. The molecule has 138 valence electrons. The molecule has 0 amide bonds. The highest BCUT2D eigenvalue weighted by molar-refractivity contribution is 6.02. The van der Waals surface area contributed by atoms with Crippen LogP contribution in [-0.2, 0) is 6.18 Å². The summed E-state index contributed by atoms with van der Waals surface area (Å²) in [6.07, 6.45) is -3.44. The predicted octanol–water partition coefficient (Wildman–Crippen LogP) is 4.92. The van der Waals surface area contributed by atoms with Gasteiger partial charge in [-0.3, -0.25) is 15.5 Å². The highest BCUT2D eigenvalue weighted by Gasteiger charge is 2.33. The zero-order valence-electron chi connectivity index (χ0n) is 13.6. The van der Waals surface area contributed by atoms with Crippen molar-refractivity contribution in [2.24, 2.45) is 5.10 Å². The standard InChI is InChI=1S/C18H12F3N3O3/c19-18(20,21)12-6-7-15(16(9-12)24(26)27)23-22-10-14-13-4-2-1-3-11(13)5-8-17(14)25/h1-10,23,25H/b22-10-. The van der Waals surface area contributed by atoms with Crippen molar-refractivity contribution in [2.75, 3.05) is 5.43 Å². The van der Waals surface area contributed by atoms with Crippen LogP contribution >= 0.6 is 0 Å². The van der Waals surface area contributed by atoms with Gasteiger partial charge >= 0.3 is 6.18 Å². The van der Waals surface area contributed by atoms with Crippen molar-refractivity contribution in [3.63, 3.8) is 0 Å². The molecule has 27 heavy (non-hydrogen) atoms. The Bertz CT molecular complexity index is 1050. The number of nitrogens with one attached hydrogen (secondary N) is 1. The van der Waals surface area contributed by atoms with E-state index in [0.717, 1.165) is 17.5 Å². The Morgan fingerprint density at radius 2 is 1.85 bits per heavy atom. The maximum absolute atomic E-state index is 12.7. The lowest BCUT2D eigenvalue weighted by Crippen LogP contribution is -2.06. The molecule has 3 aromatic rings. The van der Waals surface area contributed by atoms with Crippen molar-refractivity contribution >= 4 is 28.4 Å². The second-order valence-electron chi connectivity index (χ2n) is 5.58. The summed E-state index contributed by atoms with van der Waals surface area (Å²) in [6.45, 7) is 0. The summed E-state index contributed by atoms with van der Waals surface area (Å²) in [5.74, 6) is -0.0545. The first-order valence-electron chi connectivity index (χ1n) is 7.63.